The van der Waals surface area contributed by atoms with Crippen LogP contribution >= 0.6 is 11.8 Å². The lowest BCUT2D eigenvalue weighted by atomic mass is 9.85. The van der Waals surface area contributed by atoms with Crippen molar-refractivity contribution in [1.29, 1.82) is 0 Å². The molecule has 140 valence electrons. The summed E-state index contributed by atoms with van der Waals surface area (Å²) in [6.45, 7) is 0. The molecular formula is C21H22N2O3S. The number of carbonyl (C=O) groups is 2. The highest BCUT2D eigenvalue weighted by molar-refractivity contribution is 8.00. The fraction of sp³-hybridized carbons (Fsp3) is 0.333. The smallest absolute Gasteiger partial charge is 0.238 e. The molecule has 1 saturated heterocycles. The lowest BCUT2D eigenvalue weighted by molar-refractivity contribution is -0.122. The van der Waals surface area contributed by atoms with E-state index in [9.17, 15) is 9.59 Å². The van der Waals surface area contributed by atoms with Gasteiger partial charge in [0.2, 0.25) is 11.8 Å². The number of anilines is 2. The first-order valence-corrected chi connectivity index (χ1v) is 10.2. The minimum atomic E-state index is -0.0824. The van der Waals surface area contributed by atoms with Gasteiger partial charge in [0.1, 0.15) is 11.1 Å². The third kappa shape index (κ3) is 3.67. The van der Waals surface area contributed by atoms with Crippen LogP contribution in [0.4, 0.5) is 11.4 Å². The standard InChI is InChI=1S/C21H22N2O3S/c1-26-18-7-3-6-17(12-18)23-19(24)13-27-21(23)15-8-10-16(11-9-15)22-20(25)14-4-2-5-14/h3,6-12,14,21H,2,4-5,13H2,1H3,(H,22,25). The first kappa shape index (κ1) is 17.9. The molecule has 0 bridgehead atoms. The Bertz CT molecular complexity index is 849. The SMILES string of the molecule is COc1cccc(N2C(=O)CSC2c2ccc(NC(=O)C3CCC3)cc2)c1. The first-order valence-electron chi connectivity index (χ1n) is 9.14. The summed E-state index contributed by atoms with van der Waals surface area (Å²) >= 11 is 1.61. The first-order chi connectivity index (χ1) is 13.2. The van der Waals surface area contributed by atoms with Gasteiger partial charge in [0.25, 0.3) is 0 Å². The molecule has 1 unspecified atom stereocenters. The van der Waals surface area contributed by atoms with E-state index >= 15 is 0 Å². The molecule has 0 radical (unpaired) electrons. The third-order valence-corrected chi connectivity index (χ3v) is 6.35. The van der Waals surface area contributed by atoms with E-state index in [0.717, 1.165) is 42.0 Å². The summed E-state index contributed by atoms with van der Waals surface area (Å²) in [5, 5.41) is 2.90. The molecule has 1 aliphatic heterocycles. The molecule has 1 N–H and O–H groups in total. The van der Waals surface area contributed by atoms with Gasteiger partial charge < -0.3 is 10.1 Å². The molecule has 5 nitrogen and oxygen atoms in total. The van der Waals surface area contributed by atoms with Crippen molar-refractivity contribution in [1.82, 2.24) is 0 Å². The van der Waals surface area contributed by atoms with Crippen molar-refractivity contribution < 1.29 is 14.3 Å². The van der Waals surface area contributed by atoms with Crippen LogP contribution in [0.15, 0.2) is 48.5 Å². The van der Waals surface area contributed by atoms with Gasteiger partial charge in [0.05, 0.1) is 12.9 Å². The fourth-order valence-electron chi connectivity index (χ4n) is 3.36. The Balaban J connectivity index is 1.52. The average molecular weight is 382 g/mol. The van der Waals surface area contributed by atoms with E-state index in [1.807, 2.05) is 53.4 Å². The van der Waals surface area contributed by atoms with Crippen LogP contribution in [0.1, 0.15) is 30.2 Å². The second-order valence-electron chi connectivity index (χ2n) is 6.87. The number of thioether (sulfide) groups is 1. The number of carbonyl (C=O) groups excluding carboxylic acids is 2. The second-order valence-corrected chi connectivity index (χ2v) is 7.94. The van der Waals surface area contributed by atoms with Gasteiger partial charge in [-0.15, -0.1) is 11.8 Å². The summed E-state index contributed by atoms with van der Waals surface area (Å²) in [7, 11) is 1.62. The topological polar surface area (TPSA) is 58.6 Å². The lowest BCUT2D eigenvalue weighted by Crippen LogP contribution is -2.28. The number of methoxy groups -OCH3 is 1. The Hall–Kier alpha value is -2.47. The van der Waals surface area contributed by atoms with E-state index in [1.165, 1.54) is 0 Å². The summed E-state index contributed by atoms with van der Waals surface area (Å²) < 4.78 is 5.29. The normalized spacial score (nSPS) is 19.7. The number of amides is 2. The minimum absolute atomic E-state index is 0.0824. The zero-order valence-electron chi connectivity index (χ0n) is 15.2. The van der Waals surface area contributed by atoms with Gasteiger partial charge in [0, 0.05) is 23.4 Å². The molecule has 27 heavy (non-hydrogen) atoms. The predicted molar refractivity (Wildman–Crippen MR) is 108 cm³/mol. The Morgan fingerprint density at radius 1 is 1.19 bits per heavy atom. The van der Waals surface area contributed by atoms with Crippen molar-refractivity contribution >= 4 is 35.0 Å². The Labute approximate surface area is 163 Å². The quantitative estimate of drug-likeness (QED) is 0.841. The van der Waals surface area contributed by atoms with Crippen molar-refractivity contribution in [3.8, 4) is 5.75 Å². The highest BCUT2D eigenvalue weighted by atomic mass is 32.2. The Kier molecular flexibility index (Phi) is 5.07. The summed E-state index contributed by atoms with van der Waals surface area (Å²) in [5.41, 5.74) is 2.67. The number of hydrogen-bond donors (Lipinski definition) is 1. The van der Waals surface area contributed by atoms with Crippen LogP contribution in [0.2, 0.25) is 0 Å². The molecule has 0 spiro atoms. The maximum Gasteiger partial charge on any atom is 0.238 e. The number of rotatable bonds is 5. The van der Waals surface area contributed by atoms with Crippen molar-refractivity contribution in [3.05, 3.63) is 54.1 Å². The molecule has 2 aliphatic rings. The van der Waals surface area contributed by atoms with E-state index in [2.05, 4.69) is 5.32 Å². The van der Waals surface area contributed by atoms with E-state index in [0.29, 0.717) is 5.75 Å². The molecule has 0 aromatic heterocycles. The van der Waals surface area contributed by atoms with E-state index in [4.69, 9.17) is 4.74 Å². The van der Waals surface area contributed by atoms with Crippen LogP contribution in [0.3, 0.4) is 0 Å². The molecule has 6 heteroatoms. The van der Waals surface area contributed by atoms with Crippen LogP contribution in [0.5, 0.6) is 5.75 Å². The zero-order valence-corrected chi connectivity index (χ0v) is 16.0. The number of nitrogens with zero attached hydrogens (tertiary/aromatic N) is 1. The Morgan fingerprint density at radius 2 is 1.96 bits per heavy atom. The molecule has 1 atom stereocenters. The molecule has 2 aromatic rings. The van der Waals surface area contributed by atoms with E-state index in [1.54, 1.807) is 18.9 Å². The van der Waals surface area contributed by atoms with Gasteiger partial charge in [-0.1, -0.05) is 24.6 Å². The van der Waals surface area contributed by atoms with Gasteiger partial charge in [-0.05, 0) is 42.7 Å². The fourth-order valence-corrected chi connectivity index (χ4v) is 4.53. The van der Waals surface area contributed by atoms with Crippen molar-refractivity contribution in [3.63, 3.8) is 0 Å². The van der Waals surface area contributed by atoms with Crippen LogP contribution in [-0.4, -0.2) is 24.7 Å². The monoisotopic (exact) mass is 382 g/mol. The summed E-state index contributed by atoms with van der Waals surface area (Å²) in [4.78, 5) is 26.4. The summed E-state index contributed by atoms with van der Waals surface area (Å²) in [6.07, 6.45) is 3.12. The van der Waals surface area contributed by atoms with Gasteiger partial charge in [0.15, 0.2) is 0 Å². The summed E-state index contributed by atoms with van der Waals surface area (Å²) in [5.74, 6) is 1.53. The Morgan fingerprint density at radius 3 is 2.63 bits per heavy atom. The molecule has 1 heterocycles. The van der Waals surface area contributed by atoms with Gasteiger partial charge in [-0.2, -0.15) is 0 Å². The van der Waals surface area contributed by atoms with Crippen LogP contribution < -0.4 is 15.0 Å². The third-order valence-electron chi connectivity index (χ3n) is 5.14. The van der Waals surface area contributed by atoms with Crippen molar-refractivity contribution in [2.45, 2.75) is 24.6 Å². The molecule has 2 amide bonds. The van der Waals surface area contributed by atoms with Crippen molar-refractivity contribution in [2.24, 2.45) is 5.92 Å². The maximum atomic E-state index is 12.5. The highest BCUT2D eigenvalue weighted by Crippen LogP contribution is 2.42. The zero-order chi connectivity index (χ0) is 18.8. The molecular weight excluding hydrogens is 360 g/mol. The van der Waals surface area contributed by atoms with E-state index in [-0.39, 0.29) is 23.1 Å². The van der Waals surface area contributed by atoms with Crippen molar-refractivity contribution in [2.75, 3.05) is 23.1 Å². The minimum Gasteiger partial charge on any atom is -0.497 e. The van der Waals surface area contributed by atoms with Crippen LogP contribution in [0.25, 0.3) is 0 Å². The summed E-state index contributed by atoms with van der Waals surface area (Å²) in [6, 6.07) is 15.4. The molecule has 1 aliphatic carbocycles. The molecule has 2 aromatic carbocycles. The van der Waals surface area contributed by atoms with Gasteiger partial charge in [-0.3, -0.25) is 14.5 Å². The predicted octanol–water partition coefficient (Wildman–Crippen LogP) is 4.21. The second kappa shape index (κ2) is 7.64. The largest absolute Gasteiger partial charge is 0.497 e. The van der Waals surface area contributed by atoms with Crippen LogP contribution in [0, 0.1) is 5.92 Å². The highest BCUT2D eigenvalue weighted by Gasteiger charge is 2.34. The molecule has 1 saturated carbocycles. The van der Waals surface area contributed by atoms with Crippen LogP contribution in [-0.2, 0) is 9.59 Å². The van der Waals surface area contributed by atoms with Gasteiger partial charge >= 0.3 is 0 Å². The average Bonchev–Trinajstić information content (AvgIpc) is 3.02. The number of benzene rings is 2. The molecule has 4 rings (SSSR count). The number of ether oxygens (including phenoxy) is 1. The lowest BCUT2D eigenvalue weighted by Gasteiger charge is -2.25. The number of nitrogens with one attached hydrogen (secondary N) is 1. The number of hydrogen-bond acceptors (Lipinski definition) is 4. The maximum absolute atomic E-state index is 12.5. The molecule has 2 fully saturated rings. The van der Waals surface area contributed by atoms with Gasteiger partial charge in [-0.25, -0.2) is 0 Å². The van der Waals surface area contributed by atoms with E-state index < -0.39 is 0 Å².